The van der Waals surface area contributed by atoms with Crippen LogP contribution < -0.4 is 10.6 Å². The van der Waals surface area contributed by atoms with Crippen molar-refractivity contribution in [2.24, 2.45) is 7.05 Å². The molecule has 3 aromatic rings. The Balaban J connectivity index is 1.88. The van der Waals surface area contributed by atoms with Gasteiger partial charge in [-0.25, -0.2) is 9.37 Å². The summed E-state index contributed by atoms with van der Waals surface area (Å²) >= 11 is 0. The Morgan fingerprint density at radius 1 is 1.26 bits per heavy atom. The lowest BCUT2D eigenvalue weighted by atomic mass is 10.2. The molecule has 0 bridgehead atoms. The topological polar surface area (TPSA) is 87.9 Å². The molecule has 120 valence electrons. The molecule has 2 heterocycles. The molecular weight excluding hydrogens is 299 g/mol. The number of halogens is 1. The largest absolute Gasteiger partial charge is 0.395 e. The Bertz CT molecular complexity index is 819. The number of hydrogen-bond acceptors (Lipinski definition) is 6. The predicted molar refractivity (Wildman–Crippen MR) is 85.6 cm³/mol. The van der Waals surface area contributed by atoms with Gasteiger partial charge in [0.05, 0.1) is 12.9 Å². The van der Waals surface area contributed by atoms with Crippen molar-refractivity contribution in [1.29, 1.82) is 0 Å². The van der Waals surface area contributed by atoms with E-state index in [0.29, 0.717) is 36.0 Å². The number of rotatable bonds is 6. The lowest BCUT2D eigenvalue weighted by Crippen LogP contribution is -2.11. The molecule has 23 heavy (non-hydrogen) atoms. The molecule has 8 heteroatoms. The third kappa shape index (κ3) is 3.37. The lowest BCUT2D eigenvalue weighted by Gasteiger charge is -2.09. The van der Waals surface area contributed by atoms with Gasteiger partial charge in [0.25, 0.3) is 0 Å². The molecule has 3 N–H and O–H groups in total. The van der Waals surface area contributed by atoms with Gasteiger partial charge in [-0.1, -0.05) is 12.1 Å². The average molecular weight is 316 g/mol. The fourth-order valence-electron chi connectivity index (χ4n) is 2.21. The minimum Gasteiger partial charge on any atom is -0.395 e. The number of nitrogens with zero attached hydrogens (tertiary/aromatic N) is 4. The first-order valence-electron chi connectivity index (χ1n) is 7.19. The maximum atomic E-state index is 13.2. The van der Waals surface area contributed by atoms with Gasteiger partial charge in [0, 0.05) is 20.1 Å². The number of nitrogens with one attached hydrogen (secondary N) is 2. The maximum absolute atomic E-state index is 13.2. The van der Waals surface area contributed by atoms with Crippen LogP contribution in [-0.2, 0) is 13.6 Å². The van der Waals surface area contributed by atoms with Crippen molar-refractivity contribution in [3.05, 3.63) is 42.0 Å². The van der Waals surface area contributed by atoms with Crippen molar-refractivity contribution in [3.8, 4) is 0 Å². The minimum atomic E-state index is -0.278. The van der Waals surface area contributed by atoms with E-state index in [-0.39, 0.29) is 12.4 Å². The summed E-state index contributed by atoms with van der Waals surface area (Å²) in [6.45, 7) is 0.755. The van der Waals surface area contributed by atoms with Gasteiger partial charge < -0.3 is 20.3 Å². The van der Waals surface area contributed by atoms with Gasteiger partial charge in [-0.05, 0) is 17.7 Å². The highest BCUT2D eigenvalue weighted by molar-refractivity contribution is 5.84. The van der Waals surface area contributed by atoms with E-state index in [4.69, 9.17) is 5.11 Å². The van der Waals surface area contributed by atoms with E-state index in [9.17, 15) is 4.39 Å². The summed E-state index contributed by atoms with van der Waals surface area (Å²) in [6, 6.07) is 6.37. The van der Waals surface area contributed by atoms with Crippen molar-refractivity contribution >= 4 is 22.9 Å². The van der Waals surface area contributed by atoms with Crippen molar-refractivity contribution in [3.63, 3.8) is 0 Å². The van der Waals surface area contributed by atoms with Gasteiger partial charge in [-0.2, -0.15) is 9.97 Å². The summed E-state index contributed by atoms with van der Waals surface area (Å²) in [5.74, 6) is 0.678. The Kier molecular flexibility index (Phi) is 4.33. The molecule has 0 amide bonds. The smallest absolute Gasteiger partial charge is 0.226 e. The number of fused-ring (bicyclic) bond motifs is 1. The fourth-order valence-corrected chi connectivity index (χ4v) is 2.21. The van der Waals surface area contributed by atoms with E-state index in [1.165, 1.54) is 12.1 Å². The van der Waals surface area contributed by atoms with Crippen LogP contribution >= 0.6 is 0 Å². The van der Waals surface area contributed by atoms with Gasteiger partial charge in [-0.15, -0.1) is 0 Å². The fraction of sp³-hybridized carbons (Fsp3) is 0.267. The summed E-state index contributed by atoms with van der Waals surface area (Å²) in [6.07, 6.45) is 1.66. The first kappa shape index (κ1) is 15.2. The van der Waals surface area contributed by atoms with Crippen molar-refractivity contribution in [1.82, 2.24) is 19.5 Å². The lowest BCUT2D eigenvalue weighted by molar-refractivity contribution is 0.311. The highest BCUT2D eigenvalue weighted by atomic mass is 19.1. The highest BCUT2D eigenvalue weighted by Gasteiger charge is 2.11. The third-order valence-corrected chi connectivity index (χ3v) is 3.30. The molecule has 7 nitrogen and oxygen atoms in total. The molecule has 1 aromatic carbocycles. The zero-order valence-corrected chi connectivity index (χ0v) is 12.6. The van der Waals surface area contributed by atoms with E-state index >= 15 is 0 Å². The Morgan fingerprint density at radius 3 is 2.91 bits per heavy atom. The third-order valence-electron chi connectivity index (χ3n) is 3.30. The first-order valence-corrected chi connectivity index (χ1v) is 7.19. The summed E-state index contributed by atoms with van der Waals surface area (Å²) in [4.78, 5) is 13.0. The molecule has 0 radical (unpaired) electrons. The number of imidazole rings is 1. The number of benzene rings is 1. The molecule has 0 aliphatic rings. The number of aliphatic hydroxyl groups excluding tert-OH is 1. The van der Waals surface area contributed by atoms with Crippen LogP contribution in [0, 0.1) is 5.82 Å². The van der Waals surface area contributed by atoms with Crippen LogP contribution in [0.1, 0.15) is 5.56 Å². The van der Waals surface area contributed by atoms with E-state index in [0.717, 1.165) is 5.56 Å². The summed E-state index contributed by atoms with van der Waals surface area (Å²) < 4.78 is 15.0. The monoisotopic (exact) mass is 316 g/mol. The standard InChI is InChI=1S/C15H17FN6O/c1-22-9-19-12-13(18-8-10-3-2-4-11(16)7-10)20-15(17-5-6-23)21-14(12)22/h2-4,7,9,23H,5-6,8H2,1H3,(H2,17,18,20,21). The van der Waals surface area contributed by atoms with Crippen LogP contribution in [0.4, 0.5) is 16.2 Å². The van der Waals surface area contributed by atoms with E-state index in [1.807, 2.05) is 13.1 Å². The second-order valence-corrected chi connectivity index (χ2v) is 5.06. The van der Waals surface area contributed by atoms with Crippen LogP contribution in [0.15, 0.2) is 30.6 Å². The van der Waals surface area contributed by atoms with Crippen LogP contribution in [0.2, 0.25) is 0 Å². The van der Waals surface area contributed by atoms with Gasteiger partial charge in [-0.3, -0.25) is 0 Å². The van der Waals surface area contributed by atoms with Gasteiger partial charge in [0.15, 0.2) is 17.0 Å². The van der Waals surface area contributed by atoms with Gasteiger partial charge >= 0.3 is 0 Å². The molecule has 2 aromatic heterocycles. The van der Waals surface area contributed by atoms with Crippen LogP contribution in [0.5, 0.6) is 0 Å². The van der Waals surface area contributed by atoms with Crippen molar-refractivity contribution in [2.75, 3.05) is 23.8 Å². The summed E-state index contributed by atoms with van der Waals surface area (Å²) in [5.41, 5.74) is 2.11. The van der Waals surface area contributed by atoms with Crippen LogP contribution in [0.25, 0.3) is 11.2 Å². The number of aliphatic hydroxyl groups is 1. The molecule has 3 rings (SSSR count). The Morgan fingerprint density at radius 2 is 2.13 bits per heavy atom. The van der Waals surface area contributed by atoms with E-state index < -0.39 is 0 Å². The van der Waals surface area contributed by atoms with Crippen LogP contribution in [0.3, 0.4) is 0 Å². The van der Waals surface area contributed by atoms with Crippen molar-refractivity contribution < 1.29 is 9.50 Å². The molecule has 0 saturated heterocycles. The molecule has 0 fully saturated rings. The quantitative estimate of drug-likeness (QED) is 0.639. The zero-order valence-electron chi connectivity index (χ0n) is 12.6. The number of hydrogen-bond donors (Lipinski definition) is 3. The van der Waals surface area contributed by atoms with Crippen molar-refractivity contribution in [2.45, 2.75) is 6.54 Å². The van der Waals surface area contributed by atoms with Gasteiger partial charge in [0.2, 0.25) is 5.95 Å². The summed E-state index contributed by atoms with van der Waals surface area (Å²) in [5, 5.41) is 15.0. The maximum Gasteiger partial charge on any atom is 0.226 e. The molecule has 0 spiro atoms. The predicted octanol–water partition coefficient (Wildman–Crippen LogP) is 1.52. The first-order chi connectivity index (χ1) is 11.2. The second-order valence-electron chi connectivity index (χ2n) is 5.06. The molecule has 0 unspecified atom stereocenters. The molecule has 0 aliphatic carbocycles. The normalized spacial score (nSPS) is 10.9. The zero-order chi connectivity index (χ0) is 16.2. The Hall–Kier alpha value is -2.74. The number of anilines is 2. The minimum absolute atomic E-state index is 0.0150. The molecule has 0 aliphatic heterocycles. The number of aryl methyl sites for hydroxylation is 1. The highest BCUT2D eigenvalue weighted by Crippen LogP contribution is 2.20. The Labute approximate surface area is 132 Å². The average Bonchev–Trinajstić information content (AvgIpc) is 2.92. The SMILES string of the molecule is Cn1cnc2c(NCc3cccc(F)c3)nc(NCCO)nc21. The molecule has 0 atom stereocenters. The molecular formula is C15H17FN6O. The van der Waals surface area contributed by atoms with Crippen LogP contribution in [-0.4, -0.2) is 37.8 Å². The van der Waals surface area contributed by atoms with Gasteiger partial charge in [0.1, 0.15) is 5.82 Å². The summed E-state index contributed by atoms with van der Waals surface area (Å²) in [7, 11) is 1.84. The van der Waals surface area contributed by atoms with E-state index in [2.05, 4.69) is 25.6 Å². The molecule has 0 saturated carbocycles. The number of aromatic nitrogens is 4. The second kappa shape index (κ2) is 6.57. The van der Waals surface area contributed by atoms with E-state index in [1.54, 1.807) is 17.0 Å².